The summed E-state index contributed by atoms with van der Waals surface area (Å²) in [5.74, 6) is -0.378. The fraction of sp³-hybridized carbons (Fsp3) is 0.125. The maximum absolute atomic E-state index is 12.3. The summed E-state index contributed by atoms with van der Waals surface area (Å²) in [6, 6.07) is 0. The van der Waals surface area contributed by atoms with Gasteiger partial charge in [0.15, 0.2) is 11.6 Å². The molecule has 2 heteroatoms. The molecule has 0 aliphatic heterocycles. The van der Waals surface area contributed by atoms with Gasteiger partial charge >= 0.3 is 0 Å². The zero-order chi connectivity index (χ0) is 13.7. The van der Waals surface area contributed by atoms with Crippen LogP contribution in [-0.4, -0.2) is 11.6 Å². The lowest BCUT2D eigenvalue weighted by atomic mass is 9.83. The lowest BCUT2D eigenvalue weighted by Crippen LogP contribution is -2.21. The summed E-state index contributed by atoms with van der Waals surface area (Å²) >= 11 is 0. The molecule has 0 unspecified atom stereocenters. The molecule has 0 aromatic rings. The highest BCUT2D eigenvalue weighted by molar-refractivity contribution is 6.29. The minimum Gasteiger partial charge on any atom is -0.289 e. The van der Waals surface area contributed by atoms with Gasteiger partial charge < -0.3 is 0 Å². The van der Waals surface area contributed by atoms with Crippen LogP contribution in [0.15, 0.2) is 71.9 Å². The van der Waals surface area contributed by atoms with Crippen molar-refractivity contribution >= 4 is 11.6 Å². The number of ketones is 2. The van der Waals surface area contributed by atoms with Gasteiger partial charge in [0.25, 0.3) is 0 Å². The van der Waals surface area contributed by atoms with Gasteiger partial charge in [-0.2, -0.15) is 0 Å². The van der Waals surface area contributed by atoms with Gasteiger partial charge in [0.05, 0.1) is 0 Å². The number of allylic oxidation sites excluding steroid dienone is 10. The molecule has 0 saturated heterocycles. The molecule has 0 heterocycles. The molecule has 0 amide bonds. The summed E-state index contributed by atoms with van der Waals surface area (Å²) in [5.41, 5.74) is 1.44. The Balaban J connectivity index is 3.57. The van der Waals surface area contributed by atoms with Gasteiger partial charge in [-0.1, -0.05) is 49.6 Å². The Kier molecular flexibility index (Phi) is 4.55. The molecule has 1 rings (SSSR count). The minimum atomic E-state index is -0.208. The first-order valence-electron chi connectivity index (χ1n) is 5.70. The van der Waals surface area contributed by atoms with Crippen LogP contribution in [0.4, 0.5) is 0 Å². The molecule has 0 spiro atoms. The first kappa shape index (κ1) is 13.8. The zero-order valence-corrected chi connectivity index (χ0v) is 10.7. The van der Waals surface area contributed by atoms with Crippen molar-refractivity contribution in [3.63, 3.8) is 0 Å². The zero-order valence-electron chi connectivity index (χ0n) is 10.7. The lowest BCUT2D eigenvalue weighted by molar-refractivity contribution is -0.115. The van der Waals surface area contributed by atoms with Crippen LogP contribution in [0.2, 0.25) is 0 Å². The Labute approximate surface area is 107 Å². The van der Waals surface area contributed by atoms with E-state index in [2.05, 4.69) is 13.2 Å². The first-order chi connectivity index (χ1) is 8.62. The van der Waals surface area contributed by atoms with Crippen molar-refractivity contribution in [1.29, 1.82) is 0 Å². The normalized spacial score (nSPS) is 17.2. The molecule has 92 valence electrons. The first-order valence-corrected chi connectivity index (χ1v) is 5.70. The Morgan fingerprint density at radius 2 is 1.06 bits per heavy atom. The number of carbonyl (C=O) groups is 2. The number of Topliss-reactive ketones (excluding diaryl/α,β-unsaturated/α-hetero) is 2. The quantitative estimate of drug-likeness (QED) is 0.707. The van der Waals surface area contributed by atoms with Gasteiger partial charge in [0.2, 0.25) is 0 Å². The second-order valence-electron chi connectivity index (χ2n) is 3.72. The molecule has 1 aliphatic carbocycles. The molecule has 0 fully saturated rings. The molecular weight excluding hydrogens is 224 g/mol. The van der Waals surface area contributed by atoms with Crippen LogP contribution in [0.25, 0.3) is 0 Å². The van der Waals surface area contributed by atoms with Crippen LogP contribution in [0.5, 0.6) is 0 Å². The third-order valence-electron chi connectivity index (χ3n) is 2.63. The minimum absolute atomic E-state index is 0.171. The molecule has 1 aliphatic rings. The number of hydrogen-bond acceptors (Lipinski definition) is 2. The van der Waals surface area contributed by atoms with Crippen LogP contribution in [0, 0.1) is 0 Å². The molecule has 2 nitrogen and oxygen atoms in total. The third kappa shape index (κ3) is 2.23. The average molecular weight is 240 g/mol. The molecular formula is C16H16O2. The molecule has 0 N–H and O–H groups in total. The van der Waals surface area contributed by atoms with E-state index in [0.29, 0.717) is 22.3 Å². The monoisotopic (exact) mass is 240 g/mol. The van der Waals surface area contributed by atoms with Crippen molar-refractivity contribution in [2.24, 2.45) is 0 Å². The highest BCUT2D eigenvalue weighted by Crippen LogP contribution is 2.27. The highest BCUT2D eigenvalue weighted by atomic mass is 16.1. The van der Waals surface area contributed by atoms with E-state index in [-0.39, 0.29) is 11.6 Å². The van der Waals surface area contributed by atoms with E-state index in [1.807, 2.05) is 0 Å². The second-order valence-corrected chi connectivity index (χ2v) is 3.72. The summed E-state index contributed by atoms with van der Waals surface area (Å²) in [7, 11) is 0. The van der Waals surface area contributed by atoms with Crippen molar-refractivity contribution in [2.75, 3.05) is 0 Å². The number of hydrogen-bond donors (Lipinski definition) is 0. The van der Waals surface area contributed by atoms with Crippen molar-refractivity contribution in [1.82, 2.24) is 0 Å². The largest absolute Gasteiger partial charge is 0.289 e. The summed E-state index contributed by atoms with van der Waals surface area (Å²) in [6.45, 7) is 10.8. The molecule has 0 radical (unpaired) electrons. The average Bonchev–Trinajstić information content (AvgIpc) is 2.36. The van der Waals surface area contributed by atoms with Crippen molar-refractivity contribution < 1.29 is 9.59 Å². The molecule has 18 heavy (non-hydrogen) atoms. The Bertz CT molecular complexity index is 491. The van der Waals surface area contributed by atoms with Gasteiger partial charge in [-0.3, -0.25) is 9.59 Å². The number of carbonyl (C=O) groups excluding carboxylic acids is 2. The maximum atomic E-state index is 12.3. The fourth-order valence-electron chi connectivity index (χ4n) is 1.85. The van der Waals surface area contributed by atoms with Crippen molar-refractivity contribution in [3.8, 4) is 0 Å². The molecule has 0 aromatic carbocycles. The van der Waals surface area contributed by atoms with E-state index < -0.39 is 0 Å². The van der Waals surface area contributed by atoms with Crippen molar-refractivity contribution in [3.05, 3.63) is 71.9 Å². The third-order valence-corrected chi connectivity index (χ3v) is 2.63. The molecule has 0 saturated carbocycles. The second kappa shape index (κ2) is 5.92. The van der Waals surface area contributed by atoms with E-state index >= 15 is 0 Å². The van der Waals surface area contributed by atoms with Crippen LogP contribution in [-0.2, 0) is 9.59 Å². The maximum Gasteiger partial charge on any atom is 0.194 e. The molecule has 0 aromatic heterocycles. The van der Waals surface area contributed by atoms with E-state index in [1.165, 1.54) is 12.2 Å². The van der Waals surface area contributed by atoms with Gasteiger partial charge in [-0.15, -0.1) is 0 Å². The number of rotatable bonds is 4. The van der Waals surface area contributed by atoms with E-state index in [0.717, 1.165) is 0 Å². The SMILES string of the molecule is C=CC1=C(/C=C\C)C(=O)C(/C=C\C)=C(C=C)C1=O. The summed E-state index contributed by atoms with van der Waals surface area (Å²) in [5, 5.41) is 0. The summed E-state index contributed by atoms with van der Waals surface area (Å²) < 4.78 is 0. The van der Waals surface area contributed by atoms with Gasteiger partial charge in [-0.25, -0.2) is 0 Å². The molecule has 0 bridgehead atoms. The predicted octanol–water partition coefficient (Wildman–Crippen LogP) is 3.26. The van der Waals surface area contributed by atoms with Crippen LogP contribution in [0.3, 0.4) is 0 Å². The van der Waals surface area contributed by atoms with Crippen LogP contribution in [0.1, 0.15) is 13.8 Å². The van der Waals surface area contributed by atoms with Crippen LogP contribution < -0.4 is 0 Å². The fourth-order valence-corrected chi connectivity index (χ4v) is 1.85. The van der Waals surface area contributed by atoms with Crippen LogP contribution >= 0.6 is 0 Å². The van der Waals surface area contributed by atoms with Gasteiger partial charge in [0, 0.05) is 22.3 Å². The summed E-state index contributed by atoms with van der Waals surface area (Å²) in [6.07, 6.45) is 9.59. The Morgan fingerprint density at radius 1 is 0.722 bits per heavy atom. The topological polar surface area (TPSA) is 34.1 Å². The lowest BCUT2D eigenvalue weighted by Gasteiger charge is -2.17. The standard InChI is InChI=1S/C16H16O2/c1-5-9-13-11(7-3)15(17)12(8-4)14(10-6-2)16(13)18/h5-10H,3-4H2,1-2H3/b9-5-,10-6-. The van der Waals surface area contributed by atoms with Crippen molar-refractivity contribution in [2.45, 2.75) is 13.8 Å². The highest BCUT2D eigenvalue weighted by Gasteiger charge is 2.29. The van der Waals surface area contributed by atoms with E-state index in [9.17, 15) is 9.59 Å². The van der Waals surface area contributed by atoms with E-state index in [1.54, 1.807) is 38.2 Å². The van der Waals surface area contributed by atoms with E-state index in [4.69, 9.17) is 0 Å². The Morgan fingerprint density at radius 3 is 1.33 bits per heavy atom. The van der Waals surface area contributed by atoms with Gasteiger partial charge in [-0.05, 0) is 13.8 Å². The predicted molar refractivity (Wildman–Crippen MR) is 74.1 cm³/mol. The smallest absolute Gasteiger partial charge is 0.194 e. The summed E-state index contributed by atoms with van der Waals surface area (Å²) in [4.78, 5) is 24.5. The Hall–Kier alpha value is -2.22. The molecule has 0 atom stereocenters. The van der Waals surface area contributed by atoms with Gasteiger partial charge in [0.1, 0.15) is 0 Å².